The highest BCUT2D eigenvalue weighted by molar-refractivity contribution is 5.94. The maximum Gasteiger partial charge on any atom is 0.224 e. The lowest BCUT2D eigenvalue weighted by Crippen LogP contribution is -2.18. The van der Waals surface area contributed by atoms with E-state index in [2.05, 4.69) is 52.2 Å². The third-order valence-corrected chi connectivity index (χ3v) is 5.22. The summed E-state index contributed by atoms with van der Waals surface area (Å²) < 4.78 is 5.25. The van der Waals surface area contributed by atoms with Crippen molar-refractivity contribution in [3.8, 4) is 11.5 Å². The Hall–Kier alpha value is -3.02. The van der Waals surface area contributed by atoms with Gasteiger partial charge in [-0.25, -0.2) is 0 Å². The number of ether oxygens (including phenoxy) is 1. The third kappa shape index (κ3) is 6.49. The lowest BCUT2D eigenvalue weighted by Gasteiger charge is -2.28. The molecule has 2 rings (SSSR count). The standard InChI is InChI=1S/C26H36N2O4/c1-16(29)27-21-15-18(10-11-22(21)32-8)28-23(30)12-9-17-13-19(25(2,3)4)24(31)20(14-17)26(5,6)7/h10-11,13-15,31H,9,12H2,1-8H3,(H,27,29)(H,28,30). The van der Waals surface area contributed by atoms with Gasteiger partial charge in [0, 0.05) is 19.0 Å². The molecule has 0 aliphatic carbocycles. The van der Waals surface area contributed by atoms with Crippen LogP contribution in [-0.4, -0.2) is 24.0 Å². The molecular formula is C26H36N2O4. The number of hydrogen-bond donors (Lipinski definition) is 3. The van der Waals surface area contributed by atoms with Gasteiger partial charge in [-0.2, -0.15) is 0 Å². The molecule has 2 amide bonds. The van der Waals surface area contributed by atoms with E-state index < -0.39 is 0 Å². The van der Waals surface area contributed by atoms with E-state index in [-0.39, 0.29) is 22.6 Å². The van der Waals surface area contributed by atoms with Crippen LogP contribution in [0.25, 0.3) is 0 Å². The second-order valence-corrected chi connectivity index (χ2v) is 10.2. The van der Waals surface area contributed by atoms with E-state index in [1.807, 2.05) is 12.1 Å². The molecule has 174 valence electrons. The van der Waals surface area contributed by atoms with Gasteiger partial charge in [0.05, 0.1) is 12.8 Å². The molecule has 2 aromatic rings. The molecule has 32 heavy (non-hydrogen) atoms. The van der Waals surface area contributed by atoms with Crippen molar-refractivity contribution in [1.29, 1.82) is 0 Å². The van der Waals surface area contributed by atoms with Crippen molar-refractivity contribution < 1.29 is 19.4 Å². The third-order valence-electron chi connectivity index (χ3n) is 5.22. The summed E-state index contributed by atoms with van der Waals surface area (Å²) in [5.74, 6) is 0.503. The summed E-state index contributed by atoms with van der Waals surface area (Å²) in [6, 6.07) is 9.11. The summed E-state index contributed by atoms with van der Waals surface area (Å²) >= 11 is 0. The zero-order chi connectivity index (χ0) is 24.3. The average Bonchev–Trinajstić information content (AvgIpc) is 2.65. The molecule has 0 aliphatic heterocycles. The fourth-order valence-corrected chi connectivity index (χ4v) is 3.54. The van der Waals surface area contributed by atoms with Gasteiger partial charge in [0.2, 0.25) is 11.8 Å². The van der Waals surface area contributed by atoms with E-state index in [4.69, 9.17) is 4.74 Å². The van der Waals surface area contributed by atoms with Crippen molar-refractivity contribution in [1.82, 2.24) is 0 Å². The van der Waals surface area contributed by atoms with Crippen LogP contribution in [0.3, 0.4) is 0 Å². The molecule has 0 heterocycles. The van der Waals surface area contributed by atoms with E-state index in [0.29, 0.717) is 35.7 Å². The molecule has 3 N–H and O–H groups in total. The predicted molar refractivity (Wildman–Crippen MR) is 130 cm³/mol. The van der Waals surface area contributed by atoms with Crippen LogP contribution >= 0.6 is 0 Å². The van der Waals surface area contributed by atoms with Gasteiger partial charge in [0.15, 0.2) is 0 Å². The van der Waals surface area contributed by atoms with E-state index in [1.165, 1.54) is 14.0 Å². The molecule has 2 aromatic carbocycles. The maximum atomic E-state index is 12.6. The van der Waals surface area contributed by atoms with Gasteiger partial charge in [-0.1, -0.05) is 53.7 Å². The average molecular weight is 441 g/mol. The molecule has 6 heteroatoms. The zero-order valence-electron chi connectivity index (χ0n) is 20.5. The van der Waals surface area contributed by atoms with Crippen LogP contribution in [-0.2, 0) is 26.8 Å². The van der Waals surface area contributed by atoms with Gasteiger partial charge in [-0.3, -0.25) is 9.59 Å². The first-order valence-electron chi connectivity index (χ1n) is 10.8. The smallest absolute Gasteiger partial charge is 0.224 e. The maximum absolute atomic E-state index is 12.6. The summed E-state index contributed by atoms with van der Waals surface area (Å²) in [5, 5.41) is 16.5. The fraction of sp³-hybridized carbons (Fsp3) is 0.462. The lowest BCUT2D eigenvalue weighted by atomic mass is 9.78. The molecule has 0 saturated heterocycles. The number of phenols is 1. The molecule has 6 nitrogen and oxygen atoms in total. The van der Waals surface area contributed by atoms with Gasteiger partial charge in [-0.05, 0) is 52.1 Å². The Morgan fingerprint density at radius 2 is 1.50 bits per heavy atom. The Morgan fingerprint density at radius 1 is 0.938 bits per heavy atom. The van der Waals surface area contributed by atoms with Gasteiger partial charge in [0.25, 0.3) is 0 Å². The van der Waals surface area contributed by atoms with E-state index in [9.17, 15) is 14.7 Å². The summed E-state index contributed by atoms with van der Waals surface area (Å²) in [6.45, 7) is 13.8. The number of aromatic hydroxyl groups is 1. The molecule has 0 fully saturated rings. The minimum atomic E-state index is -0.219. The predicted octanol–water partition coefficient (Wildman–Crippen LogP) is 5.53. The normalized spacial score (nSPS) is 11.8. The first-order valence-corrected chi connectivity index (χ1v) is 10.8. The van der Waals surface area contributed by atoms with Gasteiger partial charge in [0.1, 0.15) is 11.5 Å². The first-order chi connectivity index (χ1) is 14.7. The number of carbonyl (C=O) groups is 2. The molecule has 0 atom stereocenters. The minimum absolute atomic E-state index is 0.133. The molecule has 0 bridgehead atoms. The number of rotatable bonds is 6. The number of hydrogen-bond acceptors (Lipinski definition) is 4. The van der Waals surface area contributed by atoms with E-state index in [0.717, 1.165) is 16.7 Å². The van der Waals surface area contributed by atoms with Crippen molar-refractivity contribution in [2.45, 2.75) is 72.1 Å². The number of anilines is 2. The van der Waals surface area contributed by atoms with Crippen LogP contribution in [0.2, 0.25) is 0 Å². The topological polar surface area (TPSA) is 87.7 Å². The number of nitrogens with one attached hydrogen (secondary N) is 2. The number of methoxy groups -OCH3 is 1. The van der Waals surface area contributed by atoms with Crippen LogP contribution in [0.4, 0.5) is 11.4 Å². The SMILES string of the molecule is COc1ccc(NC(=O)CCc2cc(C(C)(C)C)c(O)c(C(C)(C)C)c2)cc1NC(C)=O. The Balaban J connectivity index is 2.20. The van der Waals surface area contributed by atoms with Gasteiger partial charge >= 0.3 is 0 Å². The highest BCUT2D eigenvalue weighted by Crippen LogP contribution is 2.40. The van der Waals surface area contributed by atoms with Crippen LogP contribution in [0.5, 0.6) is 11.5 Å². The summed E-state index contributed by atoms with van der Waals surface area (Å²) in [4.78, 5) is 24.0. The lowest BCUT2D eigenvalue weighted by molar-refractivity contribution is -0.116. The largest absolute Gasteiger partial charge is 0.507 e. The van der Waals surface area contributed by atoms with Crippen molar-refractivity contribution in [2.75, 3.05) is 17.7 Å². The molecule has 0 saturated carbocycles. The van der Waals surface area contributed by atoms with Gasteiger partial charge < -0.3 is 20.5 Å². The number of benzene rings is 2. The Morgan fingerprint density at radius 3 is 1.97 bits per heavy atom. The van der Waals surface area contributed by atoms with Crippen molar-refractivity contribution in [3.05, 3.63) is 47.0 Å². The van der Waals surface area contributed by atoms with Crippen molar-refractivity contribution in [2.24, 2.45) is 0 Å². The minimum Gasteiger partial charge on any atom is -0.507 e. The molecule has 0 unspecified atom stereocenters. The van der Waals surface area contributed by atoms with Crippen LogP contribution in [0.15, 0.2) is 30.3 Å². The Kier molecular flexibility index (Phi) is 7.60. The van der Waals surface area contributed by atoms with E-state index in [1.54, 1.807) is 18.2 Å². The summed E-state index contributed by atoms with van der Waals surface area (Å²) in [6.07, 6.45) is 0.840. The summed E-state index contributed by atoms with van der Waals surface area (Å²) in [5.41, 5.74) is 3.43. The number of amides is 2. The number of aryl methyl sites for hydroxylation is 1. The highest BCUT2D eigenvalue weighted by Gasteiger charge is 2.26. The van der Waals surface area contributed by atoms with Crippen molar-refractivity contribution in [3.63, 3.8) is 0 Å². The molecular weight excluding hydrogens is 404 g/mol. The second-order valence-electron chi connectivity index (χ2n) is 10.2. The quantitative estimate of drug-likeness (QED) is 0.551. The zero-order valence-corrected chi connectivity index (χ0v) is 20.5. The number of phenolic OH excluding ortho intramolecular Hbond substituents is 1. The van der Waals surface area contributed by atoms with Crippen LogP contribution < -0.4 is 15.4 Å². The van der Waals surface area contributed by atoms with Crippen molar-refractivity contribution >= 4 is 23.2 Å². The monoisotopic (exact) mass is 440 g/mol. The Bertz CT molecular complexity index is 963. The fourth-order valence-electron chi connectivity index (χ4n) is 3.54. The van der Waals surface area contributed by atoms with Crippen LogP contribution in [0.1, 0.15) is 71.6 Å². The Labute approximate surface area is 191 Å². The van der Waals surface area contributed by atoms with Crippen LogP contribution in [0, 0.1) is 0 Å². The number of carbonyl (C=O) groups excluding carboxylic acids is 2. The highest BCUT2D eigenvalue weighted by atomic mass is 16.5. The first kappa shape index (κ1) is 25.2. The summed E-state index contributed by atoms with van der Waals surface area (Å²) in [7, 11) is 1.52. The van der Waals surface area contributed by atoms with Gasteiger partial charge in [-0.15, -0.1) is 0 Å². The molecule has 0 aliphatic rings. The van der Waals surface area contributed by atoms with E-state index >= 15 is 0 Å². The molecule has 0 radical (unpaired) electrons. The molecule has 0 spiro atoms. The second kappa shape index (κ2) is 9.63. The molecule has 0 aromatic heterocycles.